The van der Waals surface area contributed by atoms with Crippen LogP contribution in [0.4, 0.5) is 4.39 Å². The third kappa shape index (κ3) is 6.06. The van der Waals surface area contributed by atoms with Crippen LogP contribution in [-0.4, -0.2) is 26.1 Å². The van der Waals surface area contributed by atoms with E-state index in [1.54, 1.807) is 59.2 Å². The van der Waals surface area contributed by atoms with Crippen LogP contribution in [0, 0.1) is 0 Å². The topological polar surface area (TPSA) is 20.3 Å². The Labute approximate surface area is 93.2 Å². The van der Waals surface area contributed by atoms with E-state index >= 15 is 0 Å². The Morgan fingerprint density at radius 3 is 2.36 bits per heavy atom. The molecule has 66 valence electrons. The van der Waals surface area contributed by atoms with E-state index in [0.29, 0.717) is 6.42 Å². The van der Waals surface area contributed by atoms with Gasteiger partial charge in [-0.3, -0.25) is 4.79 Å². The Kier molecular flexibility index (Phi) is 5.16. The second-order valence-electron chi connectivity index (χ2n) is 2.22. The highest BCUT2D eigenvalue weighted by molar-refractivity contribution is 14.2. The van der Waals surface area contributed by atoms with Crippen molar-refractivity contribution in [3.8, 4) is 0 Å². The minimum absolute atomic E-state index is 0.0274. The van der Waals surface area contributed by atoms with Gasteiger partial charge in [-0.1, -0.05) is 6.92 Å². The molecule has 1 amide bonds. The summed E-state index contributed by atoms with van der Waals surface area (Å²) < 4.78 is 11.6. The Morgan fingerprint density at radius 1 is 1.64 bits per heavy atom. The maximum atomic E-state index is 12.9. The normalized spacial score (nSPS) is 11.4. The third-order valence-corrected chi connectivity index (χ3v) is 1.83. The molecule has 0 aromatic heterocycles. The highest BCUT2D eigenvalue weighted by Crippen LogP contribution is 2.29. The average Bonchev–Trinajstić information content (AvgIpc) is 1.82. The molecule has 0 saturated heterocycles. The van der Waals surface area contributed by atoms with E-state index in [4.69, 9.17) is 0 Å². The van der Waals surface area contributed by atoms with Crippen LogP contribution in [0.3, 0.4) is 0 Å². The number of carbonyl (C=O) groups is 1. The van der Waals surface area contributed by atoms with Crippen molar-refractivity contribution in [1.29, 1.82) is 0 Å². The number of alkyl halides is 3. The Balaban J connectivity index is 3.87. The molecule has 11 heavy (non-hydrogen) atoms. The van der Waals surface area contributed by atoms with Gasteiger partial charge in [-0.2, -0.15) is 0 Å². The molecule has 0 bridgehead atoms. The number of carbonyl (C=O) groups excluding carboxylic acids is 1. The Morgan fingerprint density at radius 2 is 2.09 bits per heavy atom. The quantitative estimate of drug-likeness (QED) is 0.540. The van der Waals surface area contributed by atoms with Crippen LogP contribution in [0.5, 0.6) is 0 Å². The lowest BCUT2D eigenvalue weighted by Gasteiger charge is -2.20. The summed E-state index contributed by atoms with van der Waals surface area (Å²) >= 11 is 3.34. The van der Waals surface area contributed by atoms with Crippen LogP contribution in [-0.2, 0) is 4.79 Å². The van der Waals surface area contributed by atoms with Gasteiger partial charge >= 0.3 is 0 Å². The predicted molar refractivity (Wildman–Crippen MR) is 59.8 cm³/mol. The minimum Gasteiger partial charge on any atom is -0.341 e. The molecule has 0 rings (SSSR count). The summed E-state index contributed by atoms with van der Waals surface area (Å²) in [5.41, 5.74) is 0. The molecule has 0 aromatic carbocycles. The zero-order chi connectivity index (χ0) is 9.07. The van der Waals surface area contributed by atoms with E-state index in [1.807, 2.05) is 0 Å². The summed E-state index contributed by atoms with van der Waals surface area (Å²) in [5.74, 6) is -0.0274. The van der Waals surface area contributed by atoms with Crippen LogP contribution in [0.1, 0.15) is 13.3 Å². The maximum absolute atomic E-state index is 12.9. The van der Waals surface area contributed by atoms with Gasteiger partial charge in [-0.15, -0.1) is 0 Å². The molecule has 0 aliphatic rings. The van der Waals surface area contributed by atoms with E-state index in [-0.39, 0.29) is 12.5 Å². The first kappa shape index (κ1) is 11.9. The van der Waals surface area contributed by atoms with Crippen molar-refractivity contribution in [2.45, 2.75) is 15.0 Å². The largest absolute Gasteiger partial charge is 0.341 e. The second-order valence-corrected chi connectivity index (χ2v) is 7.70. The van der Waals surface area contributed by atoms with Gasteiger partial charge in [0.15, 0.2) is 0 Å². The summed E-state index contributed by atoms with van der Waals surface area (Å²) in [6.07, 6.45) is 0.430. The highest BCUT2D eigenvalue weighted by Gasteiger charge is 2.24. The molecule has 2 nitrogen and oxygen atoms in total. The van der Waals surface area contributed by atoms with Gasteiger partial charge in [0.25, 0.3) is 0 Å². The zero-order valence-corrected chi connectivity index (χ0v) is 10.7. The summed E-state index contributed by atoms with van der Waals surface area (Å²) in [7, 11) is 1.61. The van der Waals surface area contributed by atoms with Gasteiger partial charge in [0.05, 0.1) is 6.54 Å². The fraction of sp³-hybridized carbons (Fsp3) is 0.833. The molecule has 0 heterocycles. The van der Waals surface area contributed by atoms with Crippen molar-refractivity contribution in [1.82, 2.24) is 4.90 Å². The average molecular weight is 385 g/mol. The van der Waals surface area contributed by atoms with Gasteiger partial charge in [0, 0.05) is 13.5 Å². The van der Waals surface area contributed by atoms with Crippen molar-refractivity contribution in [2.24, 2.45) is 0 Å². The van der Waals surface area contributed by atoms with Gasteiger partial charge in [-0.25, -0.2) is 4.39 Å². The van der Waals surface area contributed by atoms with E-state index in [1.165, 1.54) is 4.90 Å². The molecule has 0 spiro atoms. The fourth-order valence-electron chi connectivity index (χ4n) is 0.627. The summed E-state index contributed by atoms with van der Waals surface area (Å²) in [4.78, 5) is 12.3. The number of rotatable bonds is 3. The number of halogens is 3. The number of hydrogen-bond donors (Lipinski definition) is 0. The molecular weight excluding hydrogens is 375 g/mol. The number of amides is 1. The van der Waals surface area contributed by atoms with Crippen LogP contribution in [0.2, 0.25) is 0 Å². The van der Waals surface area contributed by atoms with E-state index in [0.717, 1.165) is 0 Å². The van der Waals surface area contributed by atoms with Crippen molar-refractivity contribution in [3.63, 3.8) is 0 Å². The molecule has 0 aromatic rings. The monoisotopic (exact) mass is 385 g/mol. The summed E-state index contributed by atoms with van der Waals surface area (Å²) in [6, 6.07) is 0. The number of hydrogen-bond acceptors (Lipinski definition) is 1. The first-order chi connectivity index (χ1) is 4.87. The first-order valence-electron chi connectivity index (χ1n) is 3.17. The van der Waals surface area contributed by atoms with Gasteiger partial charge in [0.2, 0.25) is 7.59 Å². The molecule has 0 atom stereocenters. The fourth-order valence-corrected chi connectivity index (χ4v) is 1.65. The van der Waals surface area contributed by atoms with Crippen molar-refractivity contribution in [3.05, 3.63) is 0 Å². The molecule has 0 aliphatic heterocycles. The molecular formula is C6H10FI2NO. The van der Waals surface area contributed by atoms with Crippen LogP contribution >= 0.6 is 45.2 Å². The van der Waals surface area contributed by atoms with Crippen LogP contribution in [0.25, 0.3) is 0 Å². The molecule has 0 fully saturated rings. The molecule has 0 N–H and O–H groups in total. The first-order valence-corrected chi connectivity index (χ1v) is 5.33. The summed E-state index contributed by atoms with van der Waals surface area (Å²) in [5, 5.41) is 0. The lowest BCUT2D eigenvalue weighted by molar-refractivity contribution is -0.129. The molecule has 0 unspecified atom stereocenters. The van der Waals surface area contributed by atoms with Gasteiger partial charge < -0.3 is 4.90 Å². The van der Waals surface area contributed by atoms with E-state index in [2.05, 4.69) is 0 Å². The smallest absolute Gasteiger partial charge is 0.227 e. The number of nitrogens with zero attached hydrogens (tertiary/aromatic N) is 1. The van der Waals surface area contributed by atoms with Crippen LogP contribution < -0.4 is 0 Å². The van der Waals surface area contributed by atoms with Crippen molar-refractivity contribution >= 4 is 51.1 Å². The van der Waals surface area contributed by atoms with Crippen molar-refractivity contribution < 1.29 is 9.18 Å². The van der Waals surface area contributed by atoms with Crippen molar-refractivity contribution in [2.75, 3.05) is 13.6 Å². The molecule has 5 heteroatoms. The van der Waals surface area contributed by atoms with E-state index in [9.17, 15) is 9.18 Å². The molecule has 0 aliphatic carbocycles. The highest BCUT2D eigenvalue weighted by atomic mass is 127. The van der Waals surface area contributed by atoms with Crippen LogP contribution in [0.15, 0.2) is 0 Å². The lowest BCUT2D eigenvalue weighted by atomic mass is 10.4. The molecule has 0 radical (unpaired) electrons. The minimum atomic E-state index is -1.35. The second kappa shape index (κ2) is 4.78. The zero-order valence-electron chi connectivity index (χ0n) is 6.40. The maximum Gasteiger partial charge on any atom is 0.227 e. The molecule has 0 saturated carbocycles. The summed E-state index contributed by atoms with van der Waals surface area (Å²) in [6.45, 7) is 1.90. The SMILES string of the molecule is CCC(=O)N(C)CC(F)(I)I. The predicted octanol–water partition coefficient (Wildman–Crippen LogP) is 2.35. The van der Waals surface area contributed by atoms with Gasteiger partial charge in [0.1, 0.15) is 0 Å². The standard InChI is InChI=1S/C6H10FI2NO/c1-3-5(11)10(2)4-6(7,8)9/h3-4H2,1-2H3. The lowest BCUT2D eigenvalue weighted by Crippen LogP contribution is -2.33. The Hall–Kier alpha value is 0.860. The Bertz CT molecular complexity index is 146. The third-order valence-electron chi connectivity index (χ3n) is 1.14. The van der Waals surface area contributed by atoms with Gasteiger partial charge in [-0.05, 0) is 45.2 Å². The van der Waals surface area contributed by atoms with E-state index < -0.39 is 1.68 Å².